The third-order valence-electron chi connectivity index (χ3n) is 5.11. The van der Waals surface area contributed by atoms with Gasteiger partial charge in [-0.2, -0.15) is 0 Å². The molecule has 0 saturated heterocycles. The highest BCUT2D eigenvalue weighted by molar-refractivity contribution is 7.21. The summed E-state index contributed by atoms with van der Waals surface area (Å²) in [7, 11) is 8.23. The predicted molar refractivity (Wildman–Crippen MR) is 129 cm³/mol. The number of allylic oxidation sites excluding steroid dienone is 5. The van der Waals surface area contributed by atoms with Gasteiger partial charge in [0.25, 0.3) is 0 Å². The van der Waals surface area contributed by atoms with E-state index in [4.69, 9.17) is 11.6 Å². The van der Waals surface area contributed by atoms with Crippen molar-refractivity contribution in [2.24, 2.45) is 0 Å². The van der Waals surface area contributed by atoms with E-state index in [1.165, 1.54) is 32.8 Å². The molecule has 0 amide bonds. The van der Waals surface area contributed by atoms with Crippen LogP contribution in [0.1, 0.15) is 10.4 Å². The van der Waals surface area contributed by atoms with Gasteiger partial charge in [0, 0.05) is 47.6 Å². The summed E-state index contributed by atoms with van der Waals surface area (Å²) in [6.45, 7) is 0. The van der Waals surface area contributed by atoms with Gasteiger partial charge in [-0.15, -0.1) is 11.3 Å². The van der Waals surface area contributed by atoms with Crippen molar-refractivity contribution >= 4 is 50.0 Å². The number of hydrogen-bond acceptors (Lipinski definition) is 2. The molecule has 0 unspecified atom stereocenters. The molecule has 0 radical (unpaired) electrons. The fraction of sp³-hybridized carbons (Fsp3) is 0.160. The lowest BCUT2D eigenvalue weighted by molar-refractivity contribution is -0.462. The van der Waals surface area contributed by atoms with Gasteiger partial charge in [-0.25, -0.2) is 4.58 Å². The third kappa shape index (κ3) is 3.81. The normalized spacial score (nSPS) is 13.3. The lowest BCUT2D eigenvalue weighted by Gasteiger charge is -2.16. The van der Waals surface area contributed by atoms with Crippen molar-refractivity contribution in [3.63, 3.8) is 0 Å². The van der Waals surface area contributed by atoms with Crippen LogP contribution in [0.4, 0.5) is 5.69 Å². The first kappa shape index (κ1) is 19.7. The molecule has 4 rings (SSSR count). The molecule has 0 bridgehead atoms. The predicted octanol–water partition coefficient (Wildman–Crippen LogP) is 6.26. The summed E-state index contributed by atoms with van der Waals surface area (Å²) in [4.78, 5) is 3.23. The van der Waals surface area contributed by atoms with Gasteiger partial charge >= 0.3 is 0 Å². The number of anilines is 1. The molecule has 0 saturated carbocycles. The zero-order chi connectivity index (χ0) is 20.5. The molecule has 0 spiro atoms. The molecular formula is C25H24ClN2S+. The van der Waals surface area contributed by atoms with Gasteiger partial charge in [0.15, 0.2) is 5.71 Å². The van der Waals surface area contributed by atoms with Gasteiger partial charge in [0.2, 0.25) is 0 Å². The first-order valence-corrected chi connectivity index (χ1v) is 10.7. The van der Waals surface area contributed by atoms with Crippen molar-refractivity contribution in [1.82, 2.24) is 0 Å². The van der Waals surface area contributed by atoms with Crippen molar-refractivity contribution in [2.75, 3.05) is 33.1 Å². The number of hydrogen-bond donors (Lipinski definition) is 0. The molecule has 0 N–H and O–H groups in total. The van der Waals surface area contributed by atoms with Crippen LogP contribution in [0, 0.1) is 0 Å². The quantitative estimate of drug-likeness (QED) is 0.454. The highest BCUT2D eigenvalue weighted by Crippen LogP contribution is 2.43. The molecule has 3 aromatic rings. The average Bonchev–Trinajstić information content (AvgIpc) is 3.05. The zero-order valence-electron chi connectivity index (χ0n) is 17.1. The molecule has 0 aliphatic heterocycles. The number of fused-ring (bicyclic) bond motifs is 1. The van der Waals surface area contributed by atoms with Gasteiger partial charge < -0.3 is 4.90 Å². The Morgan fingerprint density at radius 1 is 0.897 bits per heavy atom. The molecule has 4 heteroatoms. The molecule has 29 heavy (non-hydrogen) atoms. The van der Waals surface area contributed by atoms with E-state index < -0.39 is 0 Å². The molecule has 1 heterocycles. The van der Waals surface area contributed by atoms with Crippen LogP contribution >= 0.6 is 22.9 Å². The Morgan fingerprint density at radius 3 is 2.14 bits per heavy atom. The second kappa shape index (κ2) is 8.02. The van der Waals surface area contributed by atoms with Gasteiger partial charge in [-0.05, 0) is 41.5 Å². The molecule has 146 valence electrons. The minimum atomic E-state index is 0.828. The fourth-order valence-electron chi connectivity index (χ4n) is 3.46. The Morgan fingerprint density at radius 2 is 1.55 bits per heavy atom. The first-order valence-electron chi connectivity index (χ1n) is 9.55. The van der Waals surface area contributed by atoms with E-state index in [0.29, 0.717) is 0 Å². The maximum Gasteiger partial charge on any atom is 0.199 e. The average molecular weight is 420 g/mol. The van der Waals surface area contributed by atoms with E-state index in [-0.39, 0.29) is 0 Å². The van der Waals surface area contributed by atoms with Crippen molar-refractivity contribution in [3.05, 3.63) is 93.9 Å². The van der Waals surface area contributed by atoms with Crippen LogP contribution in [-0.4, -0.2) is 38.5 Å². The summed E-state index contributed by atoms with van der Waals surface area (Å²) in [6.07, 6.45) is 8.69. The molecule has 2 nitrogen and oxygen atoms in total. The van der Waals surface area contributed by atoms with Crippen molar-refractivity contribution in [2.45, 2.75) is 0 Å². The third-order valence-corrected chi connectivity index (χ3v) is 6.80. The second-order valence-electron chi connectivity index (χ2n) is 7.50. The minimum absolute atomic E-state index is 0.828. The van der Waals surface area contributed by atoms with Gasteiger partial charge in [0.05, 0.1) is 9.90 Å². The molecule has 1 aromatic heterocycles. The first-order chi connectivity index (χ1) is 14.0. The molecule has 2 aromatic carbocycles. The van der Waals surface area contributed by atoms with Crippen LogP contribution in [-0.2, 0) is 0 Å². The summed E-state index contributed by atoms with van der Waals surface area (Å²) in [5, 5.41) is 1.94. The smallest absolute Gasteiger partial charge is 0.199 e. The number of halogens is 1. The maximum absolute atomic E-state index is 6.89. The van der Waals surface area contributed by atoms with Gasteiger partial charge in [0.1, 0.15) is 14.1 Å². The van der Waals surface area contributed by atoms with Crippen molar-refractivity contribution in [1.29, 1.82) is 0 Å². The van der Waals surface area contributed by atoms with Crippen LogP contribution in [0.2, 0.25) is 5.02 Å². The summed E-state index contributed by atoms with van der Waals surface area (Å²) < 4.78 is 3.32. The van der Waals surface area contributed by atoms with E-state index >= 15 is 0 Å². The van der Waals surface area contributed by atoms with Crippen LogP contribution in [0.5, 0.6) is 0 Å². The monoisotopic (exact) mass is 419 g/mol. The van der Waals surface area contributed by atoms with E-state index in [9.17, 15) is 0 Å². The van der Waals surface area contributed by atoms with E-state index in [1.807, 2.05) is 6.07 Å². The SMILES string of the molecule is CN(C)c1ccc(C(=C2C=CC(=[N+](C)C)C=C2)c2sc3ccccc3c2Cl)cc1. The van der Waals surface area contributed by atoms with E-state index in [1.54, 1.807) is 11.3 Å². The zero-order valence-corrected chi connectivity index (χ0v) is 18.7. The van der Waals surface area contributed by atoms with Crippen molar-refractivity contribution < 1.29 is 4.58 Å². The fourth-order valence-corrected chi connectivity index (χ4v) is 5.07. The highest BCUT2D eigenvalue weighted by atomic mass is 35.5. The van der Waals surface area contributed by atoms with E-state index in [2.05, 4.69) is 104 Å². The van der Waals surface area contributed by atoms with Crippen LogP contribution in [0.25, 0.3) is 15.7 Å². The van der Waals surface area contributed by atoms with Gasteiger partial charge in [-0.1, -0.05) is 41.9 Å². The highest BCUT2D eigenvalue weighted by Gasteiger charge is 2.19. The maximum atomic E-state index is 6.89. The van der Waals surface area contributed by atoms with Crippen LogP contribution < -0.4 is 4.90 Å². The summed E-state index contributed by atoms with van der Waals surface area (Å²) >= 11 is 8.64. The largest absolute Gasteiger partial charge is 0.378 e. The van der Waals surface area contributed by atoms with Crippen LogP contribution in [0.3, 0.4) is 0 Å². The number of thiophene rings is 1. The van der Waals surface area contributed by atoms with Crippen LogP contribution in [0.15, 0.2) is 78.4 Å². The molecule has 0 atom stereocenters. The molecule has 0 fully saturated rings. The lowest BCUT2D eigenvalue weighted by Crippen LogP contribution is -2.10. The second-order valence-corrected chi connectivity index (χ2v) is 8.93. The number of rotatable bonds is 3. The molecular weight excluding hydrogens is 396 g/mol. The topological polar surface area (TPSA) is 6.25 Å². The molecule has 1 aliphatic carbocycles. The van der Waals surface area contributed by atoms with Crippen molar-refractivity contribution in [3.8, 4) is 0 Å². The summed E-state index contributed by atoms with van der Waals surface area (Å²) in [5.41, 5.74) is 5.87. The Labute approximate surface area is 181 Å². The lowest BCUT2D eigenvalue weighted by atomic mass is 9.94. The number of benzene rings is 2. The minimum Gasteiger partial charge on any atom is -0.378 e. The Kier molecular flexibility index (Phi) is 5.44. The van der Waals surface area contributed by atoms with Gasteiger partial charge in [-0.3, -0.25) is 0 Å². The summed E-state index contributed by atoms with van der Waals surface area (Å²) in [5.74, 6) is 0. The summed E-state index contributed by atoms with van der Waals surface area (Å²) in [6, 6.07) is 17.0. The Bertz CT molecular complexity index is 1170. The number of nitrogens with zero attached hydrogens (tertiary/aromatic N) is 2. The Balaban J connectivity index is 1.94. The van der Waals surface area contributed by atoms with E-state index in [0.717, 1.165) is 15.3 Å². The standard InChI is InChI=1S/C25H24ClN2S/c1-27(2)19-13-9-17(10-14-19)23(18-11-15-20(16-12-18)28(3)4)25-24(26)21-7-5-6-8-22(21)29-25/h5-16H,1-4H3/q+1. The Hall–Kier alpha value is -2.62. The molecule has 1 aliphatic rings.